The molecular weight excluding hydrogens is 264 g/mol. The van der Waals surface area contributed by atoms with Gasteiger partial charge in [-0.25, -0.2) is 0 Å². The lowest BCUT2D eigenvalue weighted by atomic mass is 10.2. The number of hydrogen-bond donors (Lipinski definition) is 1. The van der Waals surface area contributed by atoms with Crippen molar-refractivity contribution in [2.75, 3.05) is 26.7 Å². The van der Waals surface area contributed by atoms with E-state index in [1.165, 1.54) is 0 Å². The Kier molecular flexibility index (Phi) is 5.05. The van der Waals surface area contributed by atoms with Gasteiger partial charge in [0.25, 0.3) is 5.91 Å². The van der Waals surface area contributed by atoms with Crippen molar-refractivity contribution in [3.63, 3.8) is 0 Å². The van der Waals surface area contributed by atoms with Crippen LogP contribution in [0.3, 0.4) is 0 Å². The molecule has 5 heteroatoms. The molecule has 104 valence electrons. The standard InChI is InChI=1S/C14H19ClN2O2/c1-16-9-12-3-2-8-17(12)14(18)10-19-13-6-4-11(15)5-7-13/h4-7,12,16H,2-3,8-10H2,1H3. The fraction of sp³-hybridized carbons (Fsp3) is 0.500. The molecule has 1 aliphatic rings. The smallest absolute Gasteiger partial charge is 0.260 e. The number of carbonyl (C=O) groups is 1. The number of ether oxygens (including phenoxy) is 1. The molecule has 19 heavy (non-hydrogen) atoms. The number of halogens is 1. The normalized spacial score (nSPS) is 18.6. The number of benzene rings is 1. The van der Waals surface area contributed by atoms with Crippen LogP contribution in [0, 0.1) is 0 Å². The van der Waals surface area contributed by atoms with Gasteiger partial charge >= 0.3 is 0 Å². The summed E-state index contributed by atoms with van der Waals surface area (Å²) in [5.74, 6) is 0.717. The Morgan fingerprint density at radius 2 is 2.21 bits per heavy atom. The molecule has 1 aliphatic heterocycles. The van der Waals surface area contributed by atoms with Crippen molar-refractivity contribution in [2.45, 2.75) is 18.9 Å². The number of nitrogens with zero attached hydrogens (tertiary/aromatic N) is 1. The number of likely N-dealkylation sites (tertiary alicyclic amines) is 1. The number of rotatable bonds is 5. The summed E-state index contributed by atoms with van der Waals surface area (Å²) in [7, 11) is 1.91. The second-order valence-electron chi connectivity index (χ2n) is 4.68. The Morgan fingerprint density at radius 3 is 2.89 bits per heavy atom. The van der Waals surface area contributed by atoms with Crippen LogP contribution in [0.5, 0.6) is 5.75 Å². The highest BCUT2D eigenvalue weighted by molar-refractivity contribution is 6.30. The van der Waals surface area contributed by atoms with Gasteiger partial charge in [-0.2, -0.15) is 0 Å². The van der Waals surface area contributed by atoms with Crippen LogP contribution in [0.15, 0.2) is 24.3 Å². The van der Waals surface area contributed by atoms with Gasteiger partial charge in [0.1, 0.15) is 5.75 Å². The Labute approximate surface area is 118 Å². The second kappa shape index (κ2) is 6.78. The van der Waals surface area contributed by atoms with E-state index in [0.29, 0.717) is 16.8 Å². The van der Waals surface area contributed by atoms with Crippen molar-refractivity contribution >= 4 is 17.5 Å². The lowest BCUT2D eigenvalue weighted by Crippen LogP contribution is -2.43. The third-order valence-electron chi connectivity index (χ3n) is 3.31. The first-order chi connectivity index (χ1) is 9.20. The van der Waals surface area contributed by atoms with Crippen molar-refractivity contribution in [2.24, 2.45) is 0 Å². The monoisotopic (exact) mass is 282 g/mol. The minimum absolute atomic E-state index is 0.0488. The molecule has 0 radical (unpaired) electrons. The third-order valence-corrected chi connectivity index (χ3v) is 3.57. The molecule has 1 aromatic carbocycles. The zero-order chi connectivity index (χ0) is 13.7. The van der Waals surface area contributed by atoms with Crippen molar-refractivity contribution in [3.05, 3.63) is 29.3 Å². The van der Waals surface area contributed by atoms with Gasteiger partial charge in [0.05, 0.1) is 0 Å². The maximum absolute atomic E-state index is 12.1. The van der Waals surface area contributed by atoms with Crippen LogP contribution in [-0.4, -0.2) is 43.6 Å². The largest absolute Gasteiger partial charge is 0.484 e. The molecule has 0 aliphatic carbocycles. The molecule has 1 amide bonds. The fourth-order valence-corrected chi connectivity index (χ4v) is 2.50. The summed E-state index contributed by atoms with van der Waals surface area (Å²) in [4.78, 5) is 14.0. The summed E-state index contributed by atoms with van der Waals surface area (Å²) in [5.41, 5.74) is 0. The number of hydrogen-bond acceptors (Lipinski definition) is 3. The molecule has 0 spiro atoms. The average molecular weight is 283 g/mol. The zero-order valence-electron chi connectivity index (χ0n) is 11.1. The van der Waals surface area contributed by atoms with Gasteiger partial charge in [-0.15, -0.1) is 0 Å². The minimum atomic E-state index is 0.0488. The van der Waals surface area contributed by atoms with Crippen LogP contribution in [0.1, 0.15) is 12.8 Å². The maximum Gasteiger partial charge on any atom is 0.260 e. The third kappa shape index (κ3) is 3.85. The molecule has 1 heterocycles. The zero-order valence-corrected chi connectivity index (χ0v) is 11.8. The van der Waals surface area contributed by atoms with Crippen LogP contribution in [0.4, 0.5) is 0 Å². The Morgan fingerprint density at radius 1 is 1.47 bits per heavy atom. The van der Waals surface area contributed by atoms with E-state index in [9.17, 15) is 4.79 Å². The van der Waals surface area contributed by atoms with E-state index >= 15 is 0 Å². The van der Waals surface area contributed by atoms with E-state index in [1.54, 1.807) is 24.3 Å². The summed E-state index contributed by atoms with van der Waals surface area (Å²) in [6.45, 7) is 1.75. The predicted octanol–water partition coefficient (Wildman–Crippen LogP) is 1.93. The predicted molar refractivity (Wildman–Crippen MR) is 75.6 cm³/mol. The highest BCUT2D eigenvalue weighted by Crippen LogP contribution is 2.18. The topological polar surface area (TPSA) is 41.6 Å². The van der Waals surface area contributed by atoms with Gasteiger partial charge in [-0.1, -0.05) is 11.6 Å². The van der Waals surface area contributed by atoms with E-state index < -0.39 is 0 Å². The quantitative estimate of drug-likeness (QED) is 0.897. The molecule has 4 nitrogen and oxygen atoms in total. The molecule has 1 atom stereocenters. The molecule has 1 fully saturated rings. The molecule has 0 bridgehead atoms. The first kappa shape index (κ1) is 14.2. The summed E-state index contributed by atoms with van der Waals surface area (Å²) >= 11 is 5.79. The molecule has 1 unspecified atom stereocenters. The fourth-order valence-electron chi connectivity index (χ4n) is 2.37. The minimum Gasteiger partial charge on any atom is -0.484 e. The van der Waals surface area contributed by atoms with E-state index in [2.05, 4.69) is 5.32 Å². The van der Waals surface area contributed by atoms with Gasteiger partial charge in [0.2, 0.25) is 0 Å². The van der Waals surface area contributed by atoms with Crippen LogP contribution in [-0.2, 0) is 4.79 Å². The second-order valence-corrected chi connectivity index (χ2v) is 5.12. The molecule has 2 rings (SSSR count). The van der Waals surface area contributed by atoms with Gasteiger partial charge < -0.3 is 15.0 Å². The van der Waals surface area contributed by atoms with Crippen LogP contribution in [0.25, 0.3) is 0 Å². The summed E-state index contributed by atoms with van der Waals surface area (Å²) < 4.78 is 5.49. The van der Waals surface area contributed by atoms with Crippen molar-refractivity contribution < 1.29 is 9.53 Å². The van der Waals surface area contributed by atoms with E-state index in [-0.39, 0.29) is 12.5 Å². The summed E-state index contributed by atoms with van der Waals surface area (Å²) in [6, 6.07) is 7.34. The summed E-state index contributed by atoms with van der Waals surface area (Å²) in [6.07, 6.45) is 2.13. The highest BCUT2D eigenvalue weighted by atomic mass is 35.5. The van der Waals surface area contributed by atoms with E-state index in [0.717, 1.165) is 25.9 Å². The Bertz CT molecular complexity index is 422. The molecule has 1 N–H and O–H groups in total. The van der Waals surface area contributed by atoms with Crippen LogP contribution >= 0.6 is 11.6 Å². The number of carbonyl (C=O) groups excluding carboxylic acids is 1. The first-order valence-electron chi connectivity index (χ1n) is 6.53. The van der Waals surface area contributed by atoms with Crippen LogP contribution in [0.2, 0.25) is 5.02 Å². The Balaban J connectivity index is 1.85. The maximum atomic E-state index is 12.1. The number of nitrogens with one attached hydrogen (secondary N) is 1. The van der Waals surface area contributed by atoms with Crippen molar-refractivity contribution in [1.29, 1.82) is 0 Å². The van der Waals surface area contributed by atoms with Crippen molar-refractivity contribution in [1.82, 2.24) is 10.2 Å². The Hall–Kier alpha value is -1.26. The first-order valence-corrected chi connectivity index (χ1v) is 6.91. The average Bonchev–Trinajstić information content (AvgIpc) is 2.86. The van der Waals surface area contributed by atoms with Gasteiger partial charge in [-0.05, 0) is 44.2 Å². The van der Waals surface area contributed by atoms with Crippen LogP contribution < -0.4 is 10.1 Å². The molecular formula is C14H19ClN2O2. The number of amides is 1. The number of likely N-dealkylation sites (N-methyl/N-ethyl adjacent to an activating group) is 1. The van der Waals surface area contributed by atoms with Gasteiger partial charge in [0.15, 0.2) is 6.61 Å². The molecule has 1 aromatic rings. The van der Waals surface area contributed by atoms with Gasteiger partial charge in [-0.3, -0.25) is 4.79 Å². The van der Waals surface area contributed by atoms with Gasteiger partial charge in [0, 0.05) is 24.2 Å². The van der Waals surface area contributed by atoms with Crippen molar-refractivity contribution in [3.8, 4) is 5.75 Å². The lowest BCUT2D eigenvalue weighted by Gasteiger charge is -2.24. The lowest BCUT2D eigenvalue weighted by molar-refractivity contribution is -0.134. The van der Waals surface area contributed by atoms with E-state index in [4.69, 9.17) is 16.3 Å². The van der Waals surface area contributed by atoms with E-state index in [1.807, 2.05) is 11.9 Å². The molecule has 1 saturated heterocycles. The SMILES string of the molecule is CNCC1CCCN1C(=O)COc1ccc(Cl)cc1. The molecule has 0 saturated carbocycles. The highest BCUT2D eigenvalue weighted by Gasteiger charge is 2.28. The summed E-state index contributed by atoms with van der Waals surface area (Å²) in [5, 5.41) is 3.78. The molecule has 0 aromatic heterocycles.